The number of nitrogens with zero attached hydrogens (tertiary/aromatic N) is 2. The van der Waals surface area contributed by atoms with Crippen LogP contribution in [-0.2, 0) is 9.53 Å². The number of pyridine rings is 1. The van der Waals surface area contributed by atoms with E-state index in [1.807, 2.05) is 20.8 Å². The van der Waals surface area contributed by atoms with E-state index in [0.717, 1.165) is 6.20 Å². The van der Waals surface area contributed by atoms with Crippen molar-refractivity contribution in [2.45, 2.75) is 39.2 Å². The molecule has 1 aromatic rings. The summed E-state index contributed by atoms with van der Waals surface area (Å²) in [6.45, 7) is 6.41. The van der Waals surface area contributed by atoms with E-state index >= 15 is 0 Å². The Balaban J connectivity index is 1.76. The zero-order chi connectivity index (χ0) is 17.7. The fourth-order valence-electron chi connectivity index (χ4n) is 2.33. The average Bonchev–Trinajstić information content (AvgIpc) is 2.52. The number of hydrogen-bond acceptors (Lipinski definition) is 5. The van der Waals surface area contributed by atoms with Gasteiger partial charge in [-0.2, -0.15) is 0 Å². The number of ether oxygens (including phenoxy) is 1. The number of anilines is 1. The van der Waals surface area contributed by atoms with Gasteiger partial charge >= 0.3 is 6.09 Å². The molecule has 0 saturated carbocycles. The largest absolute Gasteiger partial charge is 0.444 e. The SMILES string of the molecule is CC(C)(C)OC(=O)N1CCC(C(=O)NNc2ccc(F)cn2)CC1. The topological polar surface area (TPSA) is 83.6 Å². The Labute approximate surface area is 140 Å². The second kappa shape index (κ2) is 7.46. The fraction of sp³-hybridized carbons (Fsp3) is 0.562. The third-order valence-electron chi connectivity index (χ3n) is 3.56. The van der Waals surface area contributed by atoms with E-state index in [2.05, 4.69) is 15.8 Å². The summed E-state index contributed by atoms with van der Waals surface area (Å²) in [4.78, 5) is 29.5. The van der Waals surface area contributed by atoms with Crippen LogP contribution < -0.4 is 10.9 Å². The smallest absolute Gasteiger partial charge is 0.410 e. The van der Waals surface area contributed by atoms with E-state index < -0.39 is 11.4 Å². The third-order valence-corrected chi connectivity index (χ3v) is 3.56. The van der Waals surface area contributed by atoms with E-state index in [4.69, 9.17) is 4.74 Å². The molecule has 0 bridgehead atoms. The van der Waals surface area contributed by atoms with Crippen LogP contribution in [-0.4, -0.2) is 40.6 Å². The maximum absolute atomic E-state index is 12.8. The Bertz CT molecular complexity index is 578. The number of aromatic nitrogens is 1. The van der Waals surface area contributed by atoms with Gasteiger partial charge in [0.05, 0.1) is 6.20 Å². The molecule has 24 heavy (non-hydrogen) atoms. The molecule has 1 aliphatic rings. The summed E-state index contributed by atoms with van der Waals surface area (Å²) in [5.41, 5.74) is 4.68. The number of piperidine rings is 1. The predicted molar refractivity (Wildman–Crippen MR) is 86.5 cm³/mol. The van der Waals surface area contributed by atoms with Gasteiger partial charge in [-0.3, -0.25) is 15.6 Å². The van der Waals surface area contributed by atoms with E-state index in [9.17, 15) is 14.0 Å². The van der Waals surface area contributed by atoms with E-state index in [1.54, 1.807) is 4.90 Å². The Morgan fingerprint density at radius 3 is 2.50 bits per heavy atom. The van der Waals surface area contributed by atoms with Gasteiger partial charge in [0.25, 0.3) is 0 Å². The maximum atomic E-state index is 12.8. The highest BCUT2D eigenvalue weighted by molar-refractivity contribution is 5.80. The van der Waals surface area contributed by atoms with Crippen molar-refractivity contribution in [3.8, 4) is 0 Å². The molecule has 1 fully saturated rings. The minimum Gasteiger partial charge on any atom is -0.444 e. The molecule has 1 aliphatic heterocycles. The first-order valence-electron chi connectivity index (χ1n) is 7.90. The maximum Gasteiger partial charge on any atom is 0.410 e. The molecule has 2 amide bonds. The number of carbonyl (C=O) groups excluding carboxylic acids is 2. The first-order chi connectivity index (χ1) is 11.2. The molecule has 2 rings (SSSR count). The van der Waals surface area contributed by atoms with Crippen LogP contribution in [0.1, 0.15) is 33.6 Å². The van der Waals surface area contributed by atoms with Crippen LogP contribution in [0.25, 0.3) is 0 Å². The molecule has 8 heteroatoms. The molecule has 2 heterocycles. The summed E-state index contributed by atoms with van der Waals surface area (Å²) in [6, 6.07) is 2.68. The zero-order valence-corrected chi connectivity index (χ0v) is 14.1. The van der Waals surface area contributed by atoms with Gasteiger partial charge in [-0.05, 0) is 45.7 Å². The van der Waals surface area contributed by atoms with Crippen LogP contribution in [0.4, 0.5) is 15.0 Å². The number of carbonyl (C=O) groups is 2. The van der Waals surface area contributed by atoms with Gasteiger partial charge in [0.15, 0.2) is 0 Å². The fourth-order valence-corrected chi connectivity index (χ4v) is 2.33. The second-order valence-corrected chi connectivity index (χ2v) is 6.72. The Hall–Kier alpha value is -2.38. The molecule has 0 aliphatic carbocycles. The van der Waals surface area contributed by atoms with Crippen molar-refractivity contribution < 1.29 is 18.7 Å². The van der Waals surface area contributed by atoms with Gasteiger partial charge < -0.3 is 9.64 Å². The molecule has 0 unspecified atom stereocenters. The van der Waals surface area contributed by atoms with Crippen molar-refractivity contribution >= 4 is 17.8 Å². The summed E-state index contributed by atoms with van der Waals surface area (Å²) >= 11 is 0. The number of likely N-dealkylation sites (tertiary alicyclic amines) is 1. The third kappa shape index (κ3) is 5.36. The Morgan fingerprint density at radius 1 is 1.29 bits per heavy atom. The van der Waals surface area contributed by atoms with E-state index in [-0.39, 0.29) is 17.9 Å². The average molecular weight is 338 g/mol. The van der Waals surface area contributed by atoms with Gasteiger partial charge in [0, 0.05) is 19.0 Å². The quantitative estimate of drug-likeness (QED) is 0.826. The van der Waals surface area contributed by atoms with Gasteiger partial charge in [-0.15, -0.1) is 0 Å². The van der Waals surface area contributed by atoms with Crippen LogP contribution in [0, 0.1) is 11.7 Å². The summed E-state index contributed by atoms with van der Waals surface area (Å²) in [5.74, 6) is -0.459. The lowest BCUT2D eigenvalue weighted by Gasteiger charge is -2.32. The molecule has 0 spiro atoms. The number of nitrogens with one attached hydrogen (secondary N) is 2. The first kappa shape index (κ1) is 18.0. The highest BCUT2D eigenvalue weighted by Crippen LogP contribution is 2.19. The molecule has 0 aromatic carbocycles. The molecule has 7 nitrogen and oxygen atoms in total. The molecule has 1 saturated heterocycles. The van der Waals surface area contributed by atoms with E-state index in [1.165, 1.54) is 12.1 Å². The summed E-state index contributed by atoms with van der Waals surface area (Å²) in [6.07, 6.45) is 1.83. The van der Waals surface area contributed by atoms with Crippen molar-refractivity contribution in [2.24, 2.45) is 5.92 Å². The standard InChI is InChI=1S/C16H23FN4O3/c1-16(2,3)24-15(23)21-8-6-11(7-9-21)14(22)20-19-13-5-4-12(17)10-18-13/h4-5,10-11H,6-9H2,1-3H3,(H,18,19)(H,20,22). The van der Waals surface area contributed by atoms with Crippen molar-refractivity contribution in [1.82, 2.24) is 15.3 Å². The molecule has 2 N–H and O–H groups in total. The van der Waals surface area contributed by atoms with Crippen LogP contribution in [0.5, 0.6) is 0 Å². The van der Waals surface area contributed by atoms with Crippen molar-refractivity contribution in [2.75, 3.05) is 18.5 Å². The molecular formula is C16H23FN4O3. The van der Waals surface area contributed by atoms with Crippen LogP contribution in [0.3, 0.4) is 0 Å². The van der Waals surface area contributed by atoms with Gasteiger partial charge in [-0.1, -0.05) is 0 Å². The highest BCUT2D eigenvalue weighted by Gasteiger charge is 2.29. The van der Waals surface area contributed by atoms with Gasteiger partial charge in [0.2, 0.25) is 5.91 Å². The lowest BCUT2D eigenvalue weighted by Crippen LogP contribution is -2.45. The summed E-state index contributed by atoms with van der Waals surface area (Å²) in [5, 5.41) is 0. The molecular weight excluding hydrogens is 315 g/mol. The van der Waals surface area contributed by atoms with Gasteiger partial charge in [-0.25, -0.2) is 14.2 Å². The second-order valence-electron chi connectivity index (χ2n) is 6.72. The number of hydrogen-bond donors (Lipinski definition) is 2. The lowest BCUT2D eigenvalue weighted by atomic mass is 9.96. The van der Waals surface area contributed by atoms with E-state index in [0.29, 0.717) is 31.7 Å². The first-order valence-corrected chi connectivity index (χ1v) is 7.90. The monoisotopic (exact) mass is 338 g/mol. The minimum atomic E-state index is -0.530. The zero-order valence-electron chi connectivity index (χ0n) is 14.1. The van der Waals surface area contributed by atoms with Gasteiger partial charge in [0.1, 0.15) is 17.2 Å². The van der Waals surface area contributed by atoms with Crippen LogP contribution in [0.15, 0.2) is 18.3 Å². The highest BCUT2D eigenvalue weighted by atomic mass is 19.1. The van der Waals surface area contributed by atoms with Crippen LogP contribution >= 0.6 is 0 Å². The minimum absolute atomic E-state index is 0.176. The molecule has 0 radical (unpaired) electrons. The lowest BCUT2D eigenvalue weighted by molar-refractivity contribution is -0.125. The number of amides is 2. The molecule has 132 valence electrons. The summed E-state index contributed by atoms with van der Waals surface area (Å²) < 4.78 is 18.1. The van der Waals surface area contributed by atoms with Crippen LogP contribution in [0.2, 0.25) is 0 Å². The predicted octanol–water partition coefficient (Wildman–Crippen LogP) is 2.31. The van der Waals surface area contributed by atoms with Crippen molar-refractivity contribution in [1.29, 1.82) is 0 Å². The number of halogens is 1. The van der Waals surface area contributed by atoms with Crippen molar-refractivity contribution in [3.05, 3.63) is 24.1 Å². The molecule has 0 atom stereocenters. The Morgan fingerprint density at radius 2 is 1.96 bits per heavy atom. The summed E-state index contributed by atoms with van der Waals surface area (Å²) in [7, 11) is 0. The van der Waals surface area contributed by atoms with Crippen molar-refractivity contribution in [3.63, 3.8) is 0 Å². The Kier molecular flexibility index (Phi) is 5.58. The number of hydrazine groups is 1. The molecule has 1 aromatic heterocycles. The number of rotatable bonds is 3. The normalized spacial score (nSPS) is 15.8.